The third-order valence-corrected chi connectivity index (χ3v) is 5.35. The van der Waals surface area contributed by atoms with Gasteiger partial charge in [0.2, 0.25) is 5.82 Å². The summed E-state index contributed by atoms with van der Waals surface area (Å²) in [4.78, 5) is 4.49. The lowest BCUT2D eigenvalue weighted by atomic mass is 10.1. The van der Waals surface area contributed by atoms with Crippen LogP contribution in [-0.2, 0) is 6.61 Å². The van der Waals surface area contributed by atoms with Crippen LogP contribution in [0.25, 0.3) is 22.8 Å². The zero-order valence-electron chi connectivity index (χ0n) is 15.7. The first-order valence-corrected chi connectivity index (χ1v) is 10.0. The monoisotopic (exact) mass is 460 g/mol. The van der Waals surface area contributed by atoms with Crippen molar-refractivity contribution in [1.29, 1.82) is 0 Å². The first kappa shape index (κ1) is 20.5. The molecule has 1 aromatic heterocycles. The van der Waals surface area contributed by atoms with Crippen molar-refractivity contribution < 1.29 is 14.0 Å². The van der Waals surface area contributed by atoms with Crippen molar-refractivity contribution in [3.63, 3.8) is 0 Å². The Kier molecular flexibility index (Phi) is 6.13. The highest BCUT2D eigenvalue weighted by molar-refractivity contribution is 6.42. The van der Waals surface area contributed by atoms with E-state index >= 15 is 0 Å². The Morgan fingerprint density at radius 3 is 2.60 bits per heavy atom. The number of rotatable bonds is 6. The number of benzene rings is 3. The van der Waals surface area contributed by atoms with Crippen LogP contribution in [0.5, 0.6) is 11.5 Å². The molecule has 152 valence electrons. The lowest BCUT2D eigenvalue weighted by Crippen LogP contribution is -1.96. The van der Waals surface area contributed by atoms with E-state index in [1.165, 1.54) is 0 Å². The van der Waals surface area contributed by atoms with E-state index in [0.717, 1.165) is 11.1 Å². The summed E-state index contributed by atoms with van der Waals surface area (Å²) in [6.45, 7) is 0.303. The van der Waals surface area contributed by atoms with Crippen LogP contribution < -0.4 is 9.47 Å². The topological polar surface area (TPSA) is 57.4 Å². The number of methoxy groups -OCH3 is 1. The second kappa shape index (κ2) is 8.96. The normalized spacial score (nSPS) is 10.8. The van der Waals surface area contributed by atoms with E-state index in [0.29, 0.717) is 50.5 Å². The molecule has 30 heavy (non-hydrogen) atoms. The molecule has 0 spiro atoms. The molecule has 0 atom stereocenters. The van der Waals surface area contributed by atoms with E-state index in [-0.39, 0.29) is 0 Å². The number of nitrogens with zero attached hydrogens (tertiary/aromatic N) is 2. The molecular formula is C22H15Cl3N2O3. The molecular weight excluding hydrogens is 447 g/mol. The highest BCUT2D eigenvalue weighted by Gasteiger charge is 2.15. The van der Waals surface area contributed by atoms with Crippen molar-refractivity contribution in [3.8, 4) is 34.3 Å². The predicted molar refractivity (Wildman–Crippen MR) is 118 cm³/mol. The average Bonchev–Trinajstić information content (AvgIpc) is 3.25. The minimum Gasteiger partial charge on any atom is -0.496 e. The molecule has 0 fully saturated rings. The Morgan fingerprint density at radius 2 is 1.77 bits per heavy atom. The number of aromatic nitrogens is 2. The number of ether oxygens (including phenoxy) is 2. The van der Waals surface area contributed by atoms with Gasteiger partial charge in [0.05, 0.1) is 17.7 Å². The van der Waals surface area contributed by atoms with Gasteiger partial charge in [-0.1, -0.05) is 58.2 Å². The molecule has 1 heterocycles. The van der Waals surface area contributed by atoms with Crippen molar-refractivity contribution in [2.75, 3.05) is 7.11 Å². The highest BCUT2D eigenvalue weighted by Crippen LogP contribution is 2.33. The van der Waals surface area contributed by atoms with Gasteiger partial charge in [0.25, 0.3) is 5.89 Å². The van der Waals surface area contributed by atoms with Crippen molar-refractivity contribution in [1.82, 2.24) is 10.1 Å². The fourth-order valence-corrected chi connectivity index (χ4v) is 3.37. The molecule has 8 heteroatoms. The Morgan fingerprint density at radius 1 is 0.933 bits per heavy atom. The lowest BCUT2D eigenvalue weighted by molar-refractivity contribution is 0.306. The minimum atomic E-state index is 0.303. The summed E-state index contributed by atoms with van der Waals surface area (Å²) < 4.78 is 16.6. The molecule has 0 radical (unpaired) electrons. The second-order valence-corrected chi connectivity index (χ2v) is 7.53. The van der Waals surface area contributed by atoms with Crippen LogP contribution in [0, 0.1) is 0 Å². The van der Waals surface area contributed by atoms with Crippen LogP contribution in [0.2, 0.25) is 15.1 Å². The predicted octanol–water partition coefficient (Wildman–Crippen LogP) is 6.95. The third kappa shape index (κ3) is 4.38. The molecule has 3 aromatic carbocycles. The van der Waals surface area contributed by atoms with Gasteiger partial charge >= 0.3 is 0 Å². The quantitative estimate of drug-likeness (QED) is 0.311. The number of halogens is 3. The second-order valence-electron chi connectivity index (χ2n) is 6.31. The molecule has 4 rings (SSSR count). The van der Waals surface area contributed by atoms with E-state index < -0.39 is 0 Å². The Labute approximate surface area is 188 Å². The zero-order chi connectivity index (χ0) is 21.1. The van der Waals surface area contributed by atoms with Crippen molar-refractivity contribution in [3.05, 3.63) is 81.3 Å². The van der Waals surface area contributed by atoms with Crippen LogP contribution in [0.15, 0.2) is 65.2 Å². The van der Waals surface area contributed by atoms with Crippen LogP contribution in [0.3, 0.4) is 0 Å². The number of hydrogen-bond acceptors (Lipinski definition) is 5. The van der Waals surface area contributed by atoms with Gasteiger partial charge in [-0.25, -0.2) is 0 Å². The van der Waals surface area contributed by atoms with Crippen molar-refractivity contribution >= 4 is 34.8 Å². The van der Waals surface area contributed by atoms with Crippen LogP contribution in [-0.4, -0.2) is 17.3 Å². The van der Waals surface area contributed by atoms with Gasteiger partial charge in [-0.15, -0.1) is 0 Å². The van der Waals surface area contributed by atoms with Crippen molar-refractivity contribution in [2.24, 2.45) is 0 Å². The largest absolute Gasteiger partial charge is 0.496 e. The number of hydrogen-bond donors (Lipinski definition) is 0. The molecule has 0 bridgehead atoms. The molecule has 0 aliphatic heterocycles. The standard InChI is InChI=1S/C22H15Cl3N2O3/c1-28-18-9-8-15(23)11-16(18)21-26-22(30-27-21)14-5-2-4-13(10-14)12-29-19-7-3-6-17(24)20(19)25/h2-11H,12H2,1H3. The van der Waals surface area contributed by atoms with Gasteiger partial charge in [-0.2, -0.15) is 4.98 Å². The fourth-order valence-electron chi connectivity index (χ4n) is 2.86. The highest BCUT2D eigenvalue weighted by atomic mass is 35.5. The van der Waals surface area contributed by atoms with Gasteiger partial charge in [0.1, 0.15) is 23.1 Å². The molecule has 4 aromatic rings. The van der Waals surface area contributed by atoms with E-state index in [9.17, 15) is 0 Å². The lowest BCUT2D eigenvalue weighted by Gasteiger charge is -2.09. The maximum Gasteiger partial charge on any atom is 0.258 e. The van der Waals surface area contributed by atoms with Crippen LogP contribution in [0.1, 0.15) is 5.56 Å². The third-order valence-electron chi connectivity index (χ3n) is 4.31. The Balaban J connectivity index is 1.56. The summed E-state index contributed by atoms with van der Waals surface area (Å²) in [5, 5.41) is 5.44. The van der Waals surface area contributed by atoms with Crippen molar-refractivity contribution in [2.45, 2.75) is 6.61 Å². The molecule has 0 N–H and O–H groups in total. The molecule has 0 saturated heterocycles. The van der Waals surface area contributed by atoms with Gasteiger partial charge in [0, 0.05) is 10.6 Å². The smallest absolute Gasteiger partial charge is 0.258 e. The molecule has 0 aliphatic carbocycles. The maximum atomic E-state index is 6.17. The summed E-state index contributed by atoms with van der Waals surface area (Å²) in [6.07, 6.45) is 0. The van der Waals surface area contributed by atoms with E-state index in [4.69, 9.17) is 48.8 Å². The first-order valence-electron chi connectivity index (χ1n) is 8.89. The van der Waals surface area contributed by atoms with Crippen LogP contribution >= 0.6 is 34.8 Å². The molecule has 0 unspecified atom stereocenters. The molecule has 0 saturated carbocycles. The van der Waals surface area contributed by atoms with Crippen LogP contribution in [0.4, 0.5) is 0 Å². The molecule has 0 amide bonds. The Bertz CT molecular complexity index is 1190. The minimum absolute atomic E-state index is 0.303. The summed E-state index contributed by atoms with van der Waals surface area (Å²) in [7, 11) is 1.57. The summed E-state index contributed by atoms with van der Waals surface area (Å²) in [5.74, 6) is 1.88. The molecule has 5 nitrogen and oxygen atoms in total. The zero-order valence-corrected chi connectivity index (χ0v) is 18.0. The Hall–Kier alpha value is -2.73. The van der Waals surface area contributed by atoms with Gasteiger partial charge in [0.15, 0.2) is 0 Å². The summed E-state index contributed by atoms with van der Waals surface area (Å²) in [6, 6.07) is 18.1. The fraction of sp³-hybridized carbons (Fsp3) is 0.0909. The van der Waals surface area contributed by atoms with Gasteiger partial charge in [-0.05, 0) is 48.0 Å². The van der Waals surface area contributed by atoms with E-state index in [1.54, 1.807) is 43.5 Å². The average molecular weight is 462 g/mol. The SMILES string of the molecule is COc1ccc(Cl)cc1-c1noc(-c2cccc(COc3cccc(Cl)c3Cl)c2)n1. The van der Waals surface area contributed by atoms with E-state index in [1.807, 2.05) is 24.3 Å². The van der Waals surface area contributed by atoms with Gasteiger partial charge < -0.3 is 14.0 Å². The maximum absolute atomic E-state index is 6.17. The molecule has 0 aliphatic rings. The first-order chi connectivity index (χ1) is 14.5. The van der Waals surface area contributed by atoms with E-state index in [2.05, 4.69) is 10.1 Å². The summed E-state index contributed by atoms with van der Waals surface area (Å²) >= 11 is 18.3. The summed E-state index contributed by atoms with van der Waals surface area (Å²) in [5.41, 5.74) is 2.31. The van der Waals surface area contributed by atoms with Gasteiger partial charge in [-0.3, -0.25) is 0 Å².